The fourth-order valence-electron chi connectivity index (χ4n) is 1.55. The van der Waals surface area contributed by atoms with E-state index in [1.807, 2.05) is 17.5 Å². The molecule has 94 valence electrons. The van der Waals surface area contributed by atoms with Gasteiger partial charge in [-0.2, -0.15) is 0 Å². The Balaban J connectivity index is 2.42. The summed E-state index contributed by atoms with van der Waals surface area (Å²) < 4.78 is 4.96. The second kappa shape index (κ2) is 6.03. The topological polar surface area (TPSA) is 98.5 Å². The standard InChI is InChI=1S/C11H16N2O4/c1-7(9(14)13-11(12)16)17-10(15)8-5-3-2-4-6-8/h2-3,7-8H,4-6H2,1H3,(H3,12,13,14,16)/t7-,8+/m0/s1. The molecule has 1 aliphatic carbocycles. The van der Waals surface area contributed by atoms with Crippen LogP contribution in [0, 0.1) is 5.92 Å². The highest BCUT2D eigenvalue weighted by Crippen LogP contribution is 2.19. The van der Waals surface area contributed by atoms with Crippen LogP contribution in [0.25, 0.3) is 0 Å². The summed E-state index contributed by atoms with van der Waals surface area (Å²) in [4.78, 5) is 33.4. The van der Waals surface area contributed by atoms with Crippen molar-refractivity contribution < 1.29 is 19.1 Å². The van der Waals surface area contributed by atoms with Gasteiger partial charge in [0.2, 0.25) is 0 Å². The van der Waals surface area contributed by atoms with Gasteiger partial charge in [-0.15, -0.1) is 0 Å². The van der Waals surface area contributed by atoms with Crippen LogP contribution < -0.4 is 11.1 Å². The molecule has 0 unspecified atom stereocenters. The number of amides is 3. The molecule has 17 heavy (non-hydrogen) atoms. The van der Waals surface area contributed by atoms with E-state index in [0.717, 1.165) is 12.8 Å². The minimum atomic E-state index is -1.01. The third-order valence-corrected chi connectivity index (χ3v) is 2.51. The average molecular weight is 240 g/mol. The number of rotatable bonds is 3. The largest absolute Gasteiger partial charge is 0.452 e. The molecule has 0 saturated heterocycles. The highest BCUT2D eigenvalue weighted by Gasteiger charge is 2.25. The van der Waals surface area contributed by atoms with Crippen LogP contribution in [0.2, 0.25) is 0 Å². The molecule has 0 bridgehead atoms. The van der Waals surface area contributed by atoms with Gasteiger partial charge >= 0.3 is 12.0 Å². The van der Waals surface area contributed by atoms with Gasteiger partial charge in [0.05, 0.1) is 5.92 Å². The first kappa shape index (κ1) is 13.2. The maximum absolute atomic E-state index is 11.6. The number of carbonyl (C=O) groups is 3. The summed E-state index contributed by atoms with van der Waals surface area (Å²) in [5.41, 5.74) is 4.78. The van der Waals surface area contributed by atoms with Crippen molar-refractivity contribution in [1.29, 1.82) is 0 Å². The molecule has 0 aromatic carbocycles. The third kappa shape index (κ3) is 4.26. The number of hydrogen-bond donors (Lipinski definition) is 2. The van der Waals surface area contributed by atoms with Crippen LogP contribution >= 0.6 is 0 Å². The molecule has 0 aliphatic heterocycles. The van der Waals surface area contributed by atoms with E-state index >= 15 is 0 Å². The lowest BCUT2D eigenvalue weighted by molar-refractivity contribution is -0.158. The molecule has 3 N–H and O–H groups in total. The van der Waals surface area contributed by atoms with E-state index < -0.39 is 24.0 Å². The molecule has 0 spiro atoms. The molecular weight excluding hydrogens is 224 g/mol. The zero-order chi connectivity index (χ0) is 12.8. The van der Waals surface area contributed by atoms with Crippen LogP contribution in [0.15, 0.2) is 12.2 Å². The smallest absolute Gasteiger partial charge is 0.318 e. The van der Waals surface area contributed by atoms with Gasteiger partial charge in [0.1, 0.15) is 0 Å². The second-order valence-electron chi connectivity index (χ2n) is 3.91. The van der Waals surface area contributed by atoms with Crippen molar-refractivity contribution >= 4 is 17.9 Å². The maximum atomic E-state index is 11.6. The molecule has 1 aliphatic rings. The van der Waals surface area contributed by atoms with Crippen LogP contribution in [0.1, 0.15) is 26.2 Å². The first-order valence-electron chi connectivity index (χ1n) is 5.46. The van der Waals surface area contributed by atoms with Crippen molar-refractivity contribution in [3.8, 4) is 0 Å². The first-order valence-corrected chi connectivity index (χ1v) is 5.46. The summed E-state index contributed by atoms with van der Waals surface area (Å²) in [6.45, 7) is 1.40. The number of ether oxygens (including phenoxy) is 1. The Morgan fingerprint density at radius 1 is 1.41 bits per heavy atom. The molecule has 2 atom stereocenters. The molecule has 1 rings (SSSR count). The van der Waals surface area contributed by atoms with Crippen molar-refractivity contribution in [3.63, 3.8) is 0 Å². The molecule has 0 aromatic heterocycles. The summed E-state index contributed by atoms with van der Waals surface area (Å²) in [7, 11) is 0. The Hall–Kier alpha value is -1.85. The highest BCUT2D eigenvalue weighted by molar-refractivity contribution is 5.96. The molecule has 0 aromatic rings. The van der Waals surface area contributed by atoms with Crippen LogP contribution in [0.5, 0.6) is 0 Å². The van der Waals surface area contributed by atoms with E-state index in [-0.39, 0.29) is 5.92 Å². The lowest BCUT2D eigenvalue weighted by Crippen LogP contribution is -2.42. The first-order chi connectivity index (χ1) is 8.00. The zero-order valence-electron chi connectivity index (χ0n) is 9.64. The average Bonchev–Trinajstić information content (AvgIpc) is 2.29. The normalized spacial score (nSPS) is 20.4. The van der Waals surface area contributed by atoms with Gasteiger partial charge in [-0.25, -0.2) is 4.79 Å². The van der Waals surface area contributed by atoms with Crippen molar-refractivity contribution in [2.45, 2.75) is 32.3 Å². The van der Waals surface area contributed by atoms with E-state index in [0.29, 0.717) is 6.42 Å². The van der Waals surface area contributed by atoms with Crippen LogP contribution in [0.4, 0.5) is 4.79 Å². The van der Waals surface area contributed by atoms with Crippen molar-refractivity contribution in [1.82, 2.24) is 5.32 Å². The predicted molar refractivity (Wildman–Crippen MR) is 59.8 cm³/mol. The molecule has 0 saturated carbocycles. The van der Waals surface area contributed by atoms with Crippen molar-refractivity contribution in [2.24, 2.45) is 11.7 Å². The third-order valence-electron chi connectivity index (χ3n) is 2.51. The monoisotopic (exact) mass is 240 g/mol. The number of primary amides is 1. The zero-order valence-corrected chi connectivity index (χ0v) is 9.64. The van der Waals surface area contributed by atoms with Crippen LogP contribution in [0.3, 0.4) is 0 Å². The summed E-state index contributed by atoms with van der Waals surface area (Å²) in [5.74, 6) is -1.33. The summed E-state index contributed by atoms with van der Waals surface area (Å²) in [5, 5.41) is 1.86. The molecule has 0 radical (unpaired) electrons. The van der Waals surface area contributed by atoms with Gasteiger partial charge < -0.3 is 10.5 Å². The Kier molecular flexibility index (Phi) is 4.68. The highest BCUT2D eigenvalue weighted by atomic mass is 16.5. The molecule has 3 amide bonds. The quantitative estimate of drug-likeness (QED) is 0.553. The Morgan fingerprint density at radius 3 is 2.65 bits per heavy atom. The lowest BCUT2D eigenvalue weighted by atomic mass is 9.95. The Bertz CT molecular complexity index is 351. The number of urea groups is 1. The van der Waals surface area contributed by atoms with Gasteiger partial charge in [0.25, 0.3) is 5.91 Å². The Morgan fingerprint density at radius 2 is 2.12 bits per heavy atom. The molecule has 6 heteroatoms. The molecule has 0 heterocycles. The lowest BCUT2D eigenvalue weighted by Gasteiger charge is -2.19. The minimum Gasteiger partial charge on any atom is -0.452 e. The number of nitrogens with two attached hydrogens (primary N) is 1. The van der Waals surface area contributed by atoms with Crippen molar-refractivity contribution in [3.05, 3.63) is 12.2 Å². The number of nitrogens with one attached hydrogen (secondary N) is 1. The summed E-state index contributed by atoms with van der Waals surface area (Å²) >= 11 is 0. The maximum Gasteiger partial charge on any atom is 0.318 e. The minimum absolute atomic E-state index is 0.205. The van der Waals surface area contributed by atoms with Gasteiger partial charge in [-0.05, 0) is 26.2 Å². The van der Waals surface area contributed by atoms with E-state index in [2.05, 4.69) is 0 Å². The van der Waals surface area contributed by atoms with E-state index in [9.17, 15) is 14.4 Å². The summed E-state index contributed by atoms with van der Waals surface area (Å²) in [6, 6.07) is -0.960. The second-order valence-corrected chi connectivity index (χ2v) is 3.91. The van der Waals surface area contributed by atoms with Gasteiger partial charge in [-0.3, -0.25) is 14.9 Å². The Labute approximate surface area is 99.2 Å². The summed E-state index contributed by atoms with van der Waals surface area (Å²) in [6.07, 6.45) is 5.10. The van der Waals surface area contributed by atoms with Crippen molar-refractivity contribution in [2.75, 3.05) is 0 Å². The predicted octanol–water partition coefficient (Wildman–Crippen LogP) is 0.469. The number of allylic oxidation sites excluding steroid dienone is 2. The molecule has 0 fully saturated rings. The fraction of sp³-hybridized carbons (Fsp3) is 0.545. The fourth-order valence-corrected chi connectivity index (χ4v) is 1.55. The van der Waals surface area contributed by atoms with Gasteiger partial charge in [0, 0.05) is 0 Å². The molecule has 6 nitrogen and oxygen atoms in total. The van der Waals surface area contributed by atoms with Gasteiger partial charge in [-0.1, -0.05) is 12.2 Å². The van der Waals surface area contributed by atoms with Gasteiger partial charge in [0.15, 0.2) is 6.10 Å². The number of hydrogen-bond acceptors (Lipinski definition) is 4. The number of esters is 1. The van der Waals surface area contributed by atoms with E-state index in [1.165, 1.54) is 6.92 Å². The van der Waals surface area contributed by atoms with E-state index in [4.69, 9.17) is 10.5 Å². The molecular formula is C11H16N2O4. The number of imide groups is 1. The van der Waals surface area contributed by atoms with Crippen LogP contribution in [-0.2, 0) is 14.3 Å². The SMILES string of the molecule is C[C@H](OC(=O)[C@@H]1CC=CCC1)C(=O)NC(N)=O. The number of carbonyl (C=O) groups excluding carboxylic acids is 3. The van der Waals surface area contributed by atoms with Crippen LogP contribution in [-0.4, -0.2) is 24.0 Å². The van der Waals surface area contributed by atoms with E-state index in [1.54, 1.807) is 0 Å².